The van der Waals surface area contributed by atoms with Gasteiger partial charge in [-0.2, -0.15) is 0 Å². The van der Waals surface area contributed by atoms with Crippen LogP contribution in [0.25, 0.3) is 0 Å². The summed E-state index contributed by atoms with van der Waals surface area (Å²) in [6, 6.07) is 14.5. The molecule has 3 rings (SSSR count). The average Bonchev–Trinajstić information content (AvgIpc) is 2.65. The summed E-state index contributed by atoms with van der Waals surface area (Å²) < 4.78 is 27.3. The maximum atomic E-state index is 12.5. The van der Waals surface area contributed by atoms with Crippen molar-refractivity contribution in [1.82, 2.24) is 4.98 Å². The zero-order valence-corrected chi connectivity index (χ0v) is 15.3. The quantitative estimate of drug-likeness (QED) is 0.565. The number of nitrogens with one attached hydrogen (secondary N) is 2. The largest absolute Gasteiger partial charge is 0.506 e. The van der Waals surface area contributed by atoms with Crippen LogP contribution < -0.4 is 10.0 Å². The Morgan fingerprint density at radius 1 is 1.04 bits per heavy atom. The Hall–Kier alpha value is -3.10. The summed E-state index contributed by atoms with van der Waals surface area (Å²) in [5.41, 5.74) is 0.214. The molecule has 0 aliphatic rings. The van der Waals surface area contributed by atoms with Crippen molar-refractivity contribution in [2.24, 2.45) is 0 Å². The van der Waals surface area contributed by atoms with Crippen LogP contribution in [0.3, 0.4) is 0 Å². The van der Waals surface area contributed by atoms with Gasteiger partial charge in [-0.05, 0) is 48.5 Å². The van der Waals surface area contributed by atoms with Crippen molar-refractivity contribution in [3.8, 4) is 5.75 Å². The first-order valence-corrected chi connectivity index (χ1v) is 9.55. The molecule has 1 heterocycles. The zero-order valence-electron chi connectivity index (χ0n) is 13.8. The van der Waals surface area contributed by atoms with Crippen LogP contribution in [0.1, 0.15) is 10.4 Å². The zero-order chi connectivity index (χ0) is 19.4. The normalized spacial score (nSPS) is 11.0. The molecule has 0 unspecified atom stereocenters. The Balaban J connectivity index is 1.84. The summed E-state index contributed by atoms with van der Waals surface area (Å²) in [6.45, 7) is 0. The lowest BCUT2D eigenvalue weighted by Crippen LogP contribution is -2.16. The summed E-state index contributed by atoms with van der Waals surface area (Å²) in [6.07, 6.45) is 1.46. The van der Waals surface area contributed by atoms with Gasteiger partial charge in [0.15, 0.2) is 0 Å². The van der Waals surface area contributed by atoms with E-state index in [2.05, 4.69) is 15.0 Å². The van der Waals surface area contributed by atoms with Crippen molar-refractivity contribution in [2.45, 2.75) is 4.90 Å². The van der Waals surface area contributed by atoms with E-state index in [1.807, 2.05) is 0 Å². The molecule has 9 heteroatoms. The number of anilines is 2. The van der Waals surface area contributed by atoms with Crippen LogP contribution >= 0.6 is 11.6 Å². The Morgan fingerprint density at radius 2 is 1.85 bits per heavy atom. The van der Waals surface area contributed by atoms with E-state index in [4.69, 9.17) is 11.6 Å². The molecular weight excluding hydrogens is 390 g/mol. The number of rotatable bonds is 5. The second-order valence-electron chi connectivity index (χ2n) is 5.46. The molecule has 0 saturated heterocycles. The Bertz CT molecular complexity index is 1090. The van der Waals surface area contributed by atoms with E-state index in [1.54, 1.807) is 12.1 Å². The third kappa shape index (κ3) is 4.55. The second kappa shape index (κ2) is 7.65. The van der Waals surface area contributed by atoms with Gasteiger partial charge in [0.2, 0.25) is 0 Å². The number of aromatic hydroxyl groups is 1. The van der Waals surface area contributed by atoms with Gasteiger partial charge < -0.3 is 10.4 Å². The van der Waals surface area contributed by atoms with Gasteiger partial charge in [-0.15, -0.1) is 0 Å². The summed E-state index contributed by atoms with van der Waals surface area (Å²) >= 11 is 5.85. The fourth-order valence-electron chi connectivity index (χ4n) is 2.23. The van der Waals surface area contributed by atoms with Crippen LogP contribution in [-0.4, -0.2) is 24.4 Å². The van der Waals surface area contributed by atoms with Crippen LogP contribution in [0.4, 0.5) is 11.5 Å². The smallest absolute Gasteiger partial charge is 0.263 e. The van der Waals surface area contributed by atoms with E-state index >= 15 is 0 Å². The van der Waals surface area contributed by atoms with Gasteiger partial charge in [-0.1, -0.05) is 23.7 Å². The molecule has 0 aliphatic carbocycles. The highest BCUT2D eigenvalue weighted by Gasteiger charge is 2.17. The predicted molar refractivity (Wildman–Crippen MR) is 103 cm³/mol. The molecule has 7 nitrogen and oxygen atoms in total. The molecule has 0 spiro atoms. The summed E-state index contributed by atoms with van der Waals surface area (Å²) in [4.78, 5) is 16.2. The number of hydrogen-bond donors (Lipinski definition) is 3. The van der Waals surface area contributed by atoms with Crippen molar-refractivity contribution in [3.05, 3.63) is 77.4 Å². The van der Waals surface area contributed by atoms with Crippen molar-refractivity contribution in [2.75, 3.05) is 10.0 Å². The van der Waals surface area contributed by atoms with Crippen molar-refractivity contribution in [3.63, 3.8) is 0 Å². The summed E-state index contributed by atoms with van der Waals surface area (Å²) in [5, 5.41) is 12.6. The SMILES string of the molecule is O=C(Nc1cc(Cl)ccc1O)c1cccc(S(=O)(=O)Nc2ccccn2)c1. The fourth-order valence-corrected chi connectivity index (χ4v) is 3.45. The first-order chi connectivity index (χ1) is 12.8. The molecule has 0 aliphatic heterocycles. The fraction of sp³-hybridized carbons (Fsp3) is 0. The lowest BCUT2D eigenvalue weighted by atomic mass is 10.2. The minimum Gasteiger partial charge on any atom is -0.506 e. The van der Waals surface area contributed by atoms with Crippen molar-refractivity contribution >= 4 is 39.0 Å². The molecule has 27 heavy (non-hydrogen) atoms. The first-order valence-electron chi connectivity index (χ1n) is 7.69. The molecule has 0 atom stereocenters. The highest BCUT2D eigenvalue weighted by molar-refractivity contribution is 7.92. The van der Waals surface area contributed by atoms with E-state index in [0.29, 0.717) is 5.02 Å². The molecule has 138 valence electrons. The number of aromatic nitrogens is 1. The molecule has 1 aromatic heterocycles. The number of carbonyl (C=O) groups excluding carboxylic acids is 1. The third-order valence-electron chi connectivity index (χ3n) is 3.52. The Labute approximate surface area is 160 Å². The summed E-state index contributed by atoms with van der Waals surface area (Å²) in [7, 11) is -3.92. The molecule has 0 bridgehead atoms. The van der Waals surface area contributed by atoms with Gasteiger partial charge in [0.1, 0.15) is 11.6 Å². The lowest BCUT2D eigenvalue weighted by Gasteiger charge is -2.10. The van der Waals surface area contributed by atoms with Crippen molar-refractivity contribution < 1.29 is 18.3 Å². The van der Waals surface area contributed by atoms with Crippen LogP contribution in [-0.2, 0) is 10.0 Å². The van der Waals surface area contributed by atoms with Gasteiger partial charge in [0.25, 0.3) is 15.9 Å². The number of nitrogens with zero attached hydrogens (tertiary/aromatic N) is 1. The minimum atomic E-state index is -3.92. The molecule has 2 aromatic carbocycles. The van der Waals surface area contributed by atoms with Crippen LogP contribution in [0.2, 0.25) is 5.02 Å². The molecule has 0 fully saturated rings. The minimum absolute atomic E-state index is 0.0956. The molecule has 0 radical (unpaired) electrons. The molecule has 1 amide bonds. The van der Waals surface area contributed by atoms with Gasteiger partial charge in [0, 0.05) is 16.8 Å². The number of benzene rings is 2. The molecule has 0 saturated carbocycles. The first kappa shape index (κ1) is 18.7. The number of halogens is 1. The predicted octanol–water partition coefficient (Wildman–Crippen LogP) is 3.49. The average molecular weight is 404 g/mol. The Morgan fingerprint density at radius 3 is 2.59 bits per heavy atom. The van der Waals surface area contributed by atoms with Crippen LogP contribution in [0.5, 0.6) is 5.75 Å². The number of hydrogen-bond acceptors (Lipinski definition) is 5. The van der Waals surface area contributed by atoms with Crippen molar-refractivity contribution in [1.29, 1.82) is 0 Å². The number of phenols is 1. The topological polar surface area (TPSA) is 108 Å². The maximum Gasteiger partial charge on any atom is 0.263 e. The van der Waals surface area contributed by atoms with E-state index in [9.17, 15) is 18.3 Å². The van der Waals surface area contributed by atoms with Gasteiger partial charge in [-0.25, -0.2) is 13.4 Å². The number of amides is 1. The third-order valence-corrected chi connectivity index (χ3v) is 5.10. The van der Waals surface area contributed by atoms with Gasteiger partial charge >= 0.3 is 0 Å². The number of pyridine rings is 1. The molecule has 3 N–H and O–H groups in total. The lowest BCUT2D eigenvalue weighted by molar-refractivity contribution is 0.102. The van der Waals surface area contributed by atoms with Crippen LogP contribution in [0, 0.1) is 0 Å². The summed E-state index contributed by atoms with van der Waals surface area (Å²) in [5.74, 6) is -0.591. The molecule has 3 aromatic rings. The monoisotopic (exact) mass is 403 g/mol. The maximum absolute atomic E-state index is 12.5. The number of sulfonamides is 1. The van der Waals surface area contributed by atoms with E-state index in [1.165, 1.54) is 54.7 Å². The van der Waals surface area contributed by atoms with Crippen LogP contribution in [0.15, 0.2) is 71.8 Å². The highest BCUT2D eigenvalue weighted by atomic mass is 35.5. The second-order valence-corrected chi connectivity index (χ2v) is 7.58. The van der Waals surface area contributed by atoms with E-state index < -0.39 is 15.9 Å². The van der Waals surface area contributed by atoms with E-state index in [-0.39, 0.29) is 27.7 Å². The highest BCUT2D eigenvalue weighted by Crippen LogP contribution is 2.27. The number of phenolic OH excluding ortho intramolecular Hbond substituents is 1. The standard InChI is InChI=1S/C18H14ClN3O4S/c19-13-7-8-16(23)15(11-13)21-18(24)12-4-3-5-14(10-12)27(25,26)22-17-6-1-2-9-20-17/h1-11,23H,(H,20,22)(H,21,24). The van der Waals surface area contributed by atoms with E-state index in [0.717, 1.165) is 0 Å². The van der Waals surface area contributed by atoms with Gasteiger partial charge in [0.05, 0.1) is 10.6 Å². The van der Waals surface area contributed by atoms with Gasteiger partial charge in [-0.3, -0.25) is 9.52 Å². The Kier molecular flexibility index (Phi) is 5.29. The molecular formula is C18H14ClN3O4S. The number of carbonyl (C=O) groups is 1.